The predicted molar refractivity (Wildman–Crippen MR) is 139 cm³/mol. The Morgan fingerprint density at radius 3 is 2.12 bits per heavy atom. The van der Waals surface area contributed by atoms with Crippen molar-refractivity contribution in [1.29, 1.82) is 0 Å². The monoisotopic (exact) mass is 417 g/mol. The molecule has 1 heteroatoms. The number of hydrogen-bond acceptors (Lipinski definition) is 0. The van der Waals surface area contributed by atoms with Gasteiger partial charge in [-0.3, -0.25) is 0 Å². The summed E-state index contributed by atoms with van der Waals surface area (Å²) in [7, 11) is 0. The van der Waals surface area contributed by atoms with E-state index in [4.69, 9.17) is 0 Å². The van der Waals surface area contributed by atoms with Crippen molar-refractivity contribution in [2.45, 2.75) is 46.0 Å². The van der Waals surface area contributed by atoms with Gasteiger partial charge in [-0.25, -0.2) is 0 Å². The highest BCUT2D eigenvalue weighted by Crippen LogP contribution is 2.35. The molecule has 160 valence electrons. The van der Waals surface area contributed by atoms with Gasteiger partial charge in [0.1, 0.15) is 0 Å². The molecule has 0 radical (unpaired) electrons. The van der Waals surface area contributed by atoms with Crippen molar-refractivity contribution in [3.05, 3.63) is 102 Å². The summed E-state index contributed by atoms with van der Waals surface area (Å²) in [5, 5.41) is 2.61. The Balaban J connectivity index is 1.56. The standard InChI is InChI=1S/C31H31N/c1-3-4-5-6-9-24-14-19-27(20-15-24)32-30-11-8-7-10-28(30)29-22-26(18-21-31(29)32)25-16-12-23(2)13-17-25/h7-8,10-22H,3-6,9H2,1-2H3. The fourth-order valence-electron chi connectivity index (χ4n) is 4.74. The number of fused-ring (bicyclic) bond motifs is 3. The van der Waals surface area contributed by atoms with Crippen molar-refractivity contribution >= 4 is 21.8 Å². The lowest BCUT2D eigenvalue weighted by Crippen LogP contribution is -1.94. The minimum atomic E-state index is 1.17. The van der Waals surface area contributed by atoms with Crippen LogP contribution in [0.3, 0.4) is 0 Å². The van der Waals surface area contributed by atoms with E-state index in [0.717, 1.165) is 0 Å². The fraction of sp³-hybridized carbons (Fsp3) is 0.226. The predicted octanol–water partition coefficient (Wildman–Crippen LogP) is 8.88. The largest absolute Gasteiger partial charge is 0.309 e. The van der Waals surface area contributed by atoms with Crippen molar-refractivity contribution < 1.29 is 0 Å². The highest BCUT2D eigenvalue weighted by atomic mass is 15.0. The second kappa shape index (κ2) is 9.04. The minimum absolute atomic E-state index is 1.17. The van der Waals surface area contributed by atoms with Crippen LogP contribution in [0.25, 0.3) is 38.6 Å². The maximum Gasteiger partial charge on any atom is 0.0541 e. The van der Waals surface area contributed by atoms with Gasteiger partial charge in [-0.05, 0) is 66.8 Å². The zero-order valence-electron chi connectivity index (χ0n) is 19.1. The number of nitrogens with zero attached hydrogens (tertiary/aromatic N) is 1. The molecule has 1 heterocycles. The first-order valence-electron chi connectivity index (χ1n) is 11.9. The number of aromatic nitrogens is 1. The number of benzene rings is 4. The first-order chi connectivity index (χ1) is 15.7. The Labute approximate surface area is 191 Å². The Morgan fingerprint density at radius 2 is 1.34 bits per heavy atom. The van der Waals surface area contributed by atoms with E-state index >= 15 is 0 Å². The molecular weight excluding hydrogens is 386 g/mol. The molecule has 0 aliphatic carbocycles. The highest BCUT2D eigenvalue weighted by molar-refractivity contribution is 6.10. The summed E-state index contributed by atoms with van der Waals surface area (Å²) < 4.78 is 2.41. The van der Waals surface area contributed by atoms with Gasteiger partial charge in [-0.1, -0.05) is 92.4 Å². The van der Waals surface area contributed by atoms with Crippen LogP contribution < -0.4 is 0 Å². The summed E-state index contributed by atoms with van der Waals surface area (Å²) in [5.41, 5.74) is 9.02. The lowest BCUT2D eigenvalue weighted by molar-refractivity contribution is 0.667. The molecule has 0 aliphatic rings. The van der Waals surface area contributed by atoms with Gasteiger partial charge in [-0.2, -0.15) is 0 Å². The van der Waals surface area contributed by atoms with Crippen LogP contribution in [0.1, 0.15) is 43.7 Å². The van der Waals surface area contributed by atoms with Gasteiger partial charge in [0.15, 0.2) is 0 Å². The first kappa shape index (κ1) is 20.6. The molecule has 0 aliphatic heterocycles. The van der Waals surface area contributed by atoms with Crippen LogP contribution >= 0.6 is 0 Å². The molecule has 1 aromatic heterocycles. The lowest BCUT2D eigenvalue weighted by Gasteiger charge is -2.10. The summed E-state index contributed by atoms with van der Waals surface area (Å²) in [6.45, 7) is 4.40. The molecule has 0 atom stereocenters. The van der Waals surface area contributed by atoms with E-state index < -0.39 is 0 Å². The second-order valence-corrected chi connectivity index (χ2v) is 8.93. The highest BCUT2D eigenvalue weighted by Gasteiger charge is 2.13. The SMILES string of the molecule is CCCCCCc1ccc(-n2c3ccccc3c3cc(-c4ccc(C)cc4)ccc32)cc1. The number of hydrogen-bond donors (Lipinski definition) is 0. The Kier molecular flexibility index (Phi) is 5.81. The summed E-state index contributed by atoms with van der Waals surface area (Å²) in [5.74, 6) is 0. The quantitative estimate of drug-likeness (QED) is 0.233. The van der Waals surface area contributed by atoms with E-state index in [-0.39, 0.29) is 0 Å². The van der Waals surface area contributed by atoms with E-state index in [9.17, 15) is 0 Å². The number of rotatable bonds is 7. The third-order valence-corrected chi connectivity index (χ3v) is 6.57. The molecule has 0 fully saturated rings. The average molecular weight is 418 g/mol. The van der Waals surface area contributed by atoms with Gasteiger partial charge in [-0.15, -0.1) is 0 Å². The Morgan fingerprint density at radius 1 is 0.625 bits per heavy atom. The summed E-state index contributed by atoms with van der Waals surface area (Å²) in [4.78, 5) is 0. The molecule has 0 saturated carbocycles. The molecule has 0 N–H and O–H groups in total. The van der Waals surface area contributed by atoms with E-state index in [1.165, 1.54) is 81.9 Å². The van der Waals surface area contributed by atoms with Crippen molar-refractivity contribution in [2.75, 3.05) is 0 Å². The molecule has 1 nitrogen and oxygen atoms in total. The van der Waals surface area contributed by atoms with E-state index in [0.29, 0.717) is 0 Å². The van der Waals surface area contributed by atoms with Crippen molar-refractivity contribution in [1.82, 2.24) is 4.57 Å². The van der Waals surface area contributed by atoms with Gasteiger partial charge in [0.2, 0.25) is 0 Å². The number of aryl methyl sites for hydroxylation is 2. The van der Waals surface area contributed by atoms with E-state index in [2.05, 4.69) is 109 Å². The minimum Gasteiger partial charge on any atom is -0.309 e. The Hall–Kier alpha value is -3.32. The van der Waals surface area contributed by atoms with Crippen LogP contribution in [0.4, 0.5) is 0 Å². The van der Waals surface area contributed by atoms with Crippen LogP contribution in [0, 0.1) is 6.92 Å². The van der Waals surface area contributed by atoms with Gasteiger partial charge < -0.3 is 4.57 Å². The normalized spacial score (nSPS) is 11.4. The zero-order valence-corrected chi connectivity index (χ0v) is 19.1. The van der Waals surface area contributed by atoms with Gasteiger partial charge in [0, 0.05) is 16.5 Å². The molecule has 0 spiro atoms. The van der Waals surface area contributed by atoms with Crippen molar-refractivity contribution in [3.63, 3.8) is 0 Å². The molecule has 5 aromatic rings. The fourth-order valence-corrected chi connectivity index (χ4v) is 4.74. The van der Waals surface area contributed by atoms with E-state index in [1.807, 2.05) is 0 Å². The van der Waals surface area contributed by atoms with Gasteiger partial charge in [0.25, 0.3) is 0 Å². The van der Waals surface area contributed by atoms with Crippen LogP contribution in [-0.2, 0) is 6.42 Å². The number of para-hydroxylation sites is 1. The molecule has 4 aromatic carbocycles. The van der Waals surface area contributed by atoms with Gasteiger partial charge in [0.05, 0.1) is 11.0 Å². The molecule has 0 saturated heterocycles. The lowest BCUT2D eigenvalue weighted by atomic mass is 10.0. The third-order valence-electron chi connectivity index (χ3n) is 6.57. The summed E-state index contributed by atoms with van der Waals surface area (Å²) in [6, 6.07) is 33.6. The Bertz CT molecular complexity index is 1340. The average Bonchev–Trinajstić information content (AvgIpc) is 3.16. The topological polar surface area (TPSA) is 4.93 Å². The smallest absolute Gasteiger partial charge is 0.0541 e. The van der Waals surface area contributed by atoms with Crippen LogP contribution in [-0.4, -0.2) is 4.57 Å². The molecule has 0 bridgehead atoms. The maximum absolute atomic E-state index is 2.41. The molecule has 0 unspecified atom stereocenters. The van der Waals surface area contributed by atoms with Crippen molar-refractivity contribution in [3.8, 4) is 16.8 Å². The van der Waals surface area contributed by atoms with Crippen LogP contribution in [0.5, 0.6) is 0 Å². The molecular formula is C31H31N. The molecule has 5 rings (SSSR count). The van der Waals surface area contributed by atoms with Gasteiger partial charge >= 0.3 is 0 Å². The first-order valence-corrected chi connectivity index (χ1v) is 11.9. The molecule has 0 amide bonds. The summed E-state index contributed by atoms with van der Waals surface area (Å²) in [6.07, 6.45) is 6.41. The van der Waals surface area contributed by atoms with Crippen LogP contribution in [0.2, 0.25) is 0 Å². The maximum atomic E-state index is 2.41. The van der Waals surface area contributed by atoms with Crippen molar-refractivity contribution in [2.24, 2.45) is 0 Å². The summed E-state index contributed by atoms with van der Waals surface area (Å²) >= 11 is 0. The zero-order chi connectivity index (χ0) is 21.9. The van der Waals surface area contributed by atoms with E-state index in [1.54, 1.807) is 0 Å². The van der Waals surface area contributed by atoms with Crippen LogP contribution in [0.15, 0.2) is 91.0 Å². The molecule has 32 heavy (non-hydrogen) atoms. The second-order valence-electron chi connectivity index (χ2n) is 8.93. The number of unbranched alkanes of at least 4 members (excludes halogenated alkanes) is 3. The third kappa shape index (κ3) is 3.96.